The Morgan fingerprint density at radius 3 is 1.13 bits per heavy atom. The van der Waals surface area contributed by atoms with E-state index in [0.717, 1.165) is 72.7 Å². The number of nitrogens with two attached hydrogens (primary N) is 3. The lowest BCUT2D eigenvalue weighted by Crippen LogP contribution is -2.29. The molecule has 0 radical (unpaired) electrons. The van der Waals surface area contributed by atoms with Gasteiger partial charge in [-0.3, -0.25) is 24.0 Å². The number of amides is 2. The van der Waals surface area contributed by atoms with Crippen molar-refractivity contribution in [2.45, 2.75) is 99.5 Å². The van der Waals surface area contributed by atoms with E-state index >= 15 is 0 Å². The zero-order valence-electron chi connectivity index (χ0n) is 63.1. The summed E-state index contributed by atoms with van der Waals surface area (Å²) in [5.41, 5.74) is 27.1. The molecule has 0 fully saturated rings. The molecular weight excluding hydrogens is 1380 g/mol. The highest BCUT2D eigenvalue weighted by molar-refractivity contribution is 6.59. The minimum absolute atomic E-state index is 0.118. The number of benzene rings is 4. The van der Waals surface area contributed by atoms with E-state index in [1.165, 1.54) is 24.3 Å². The maximum Gasteiger partial charge on any atom is 0.488 e. The third kappa shape index (κ3) is 31.5. The van der Waals surface area contributed by atoms with Gasteiger partial charge in [-0.25, -0.2) is 9.36 Å². The predicted molar refractivity (Wildman–Crippen MR) is 409 cm³/mol. The summed E-state index contributed by atoms with van der Waals surface area (Å²) < 4.78 is 59.0. The number of ether oxygens (including phenoxy) is 10. The number of ketones is 2. The van der Waals surface area contributed by atoms with Crippen molar-refractivity contribution in [1.29, 1.82) is 0 Å². The number of hydrogen-bond acceptors (Lipinski definition) is 25. The van der Waals surface area contributed by atoms with Crippen molar-refractivity contribution in [3.8, 4) is 11.4 Å². The minimum atomic E-state index is -1.46. The van der Waals surface area contributed by atoms with Crippen molar-refractivity contribution in [3.63, 3.8) is 0 Å². The van der Waals surface area contributed by atoms with Gasteiger partial charge < -0.3 is 101 Å². The molecule has 6 aromatic rings. The quantitative estimate of drug-likeness (QED) is 0.0146. The Morgan fingerprint density at radius 1 is 0.477 bits per heavy atom. The lowest BCUT2D eigenvalue weighted by molar-refractivity contribution is -0.0111. The number of rotatable bonds is 50. The first-order chi connectivity index (χ1) is 51.5. The molecule has 0 unspecified atom stereocenters. The fourth-order valence-electron chi connectivity index (χ4n) is 11.8. The molecule has 107 heavy (non-hydrogen) atoms. The van der Waals surface area contributed by atoms with Gasteiger partial charge >= 0.3 is 14.2 Å². The zero-order valence-corrected chi connectivity index (χ0v) is 63.1. The van der Waals surface area contributed by atoms with Crippen LogP contribution in [0.15, 0.2) is 84.9 Å². The summed E-state index contributed by atoms with van der Waals surface area (Å²) in [6, 6.07) is 24.0. The van der Waals surface area contributed by atoms with E-state index in [0.29, 0.717) is 240 Å². The van der Waals surface area contributed by atoms with Crippen LogP contribution in [0.2, 0.25) is 0 Å². The maximum absolute atomic E-state index is 12.9. The molecule has 0 saturated carbocycles. The second-order valence-corrected chi connectivity index (χ2v) is 27.3. The number of hydrogen-bond donors (Lipinski definition) is 10. The molecule has 586 valence electrons. The predicted octanol–water partition coefficient (Wildman–Crippen LogP) is 4.03. The van der Waals surface area contributed by atoms with Crippen LogP contribution in [-0.2, 0) is 66.8 Å². The molecule has 2 amide bonds. The van der Waals surface area contributed by atoms with E-state index in [2.05, 4.69) is 53.8 Å². The van der Waals surface area contributed by atoms with Gasteiger partial charge in [-0.1, -0.05) is 76.2 Å². The van der Waals surface area contributed by atoms with Gasteiger partial charge in [-0.15, -0.1) is 0 Å². The van der Waals surface area contributed by atoms with E-state index in [4.69, 9.17) is 84.7 Å². The molecule has 2 aliphatic rings. The van der Waals surface area contributed by atoms with Gasteiger partial charge in [0.05, 0.1) is 162 Å². The van der Waals surface area contributed by atoms with E-state index in [1.54, 1.807) is 24.3 Å². The average Bonchev–Trinajstić information content (AvgIpc) is 1.62. The third-order valence-electron chi connectivity index (χ3n) is 17.1. The molecule has 0 spiro atoms. The van der Waals surface area contributed by atoms with Gasteiger partial charge in [-0.2, -0.15) is 10.2 Å². The average molecular weight is 1490 g/mol. The Balaban J connectivity index is 0.000000297. The van der Waals surface area contributed by atoms with Gasteiger partial charge in [0.25, 0.3) is 11.8 Å². The number of nitrogens with one attached hydrogen (secondary N) is 3. The number of aryl methyl sites for hydroxylation is 2. The molecule has 2 heterocycles. The van der Waals surface area contributed by atoms with Crippen molar-refractivity contribution >= 4 is 66.2 Å². The molecule has 2 aliphatic carbocycles. The van der Waals surface area contributed by atoms with Crippen LogP contribution in [0.1, 0.15) is 146 Å². The highest BCUT2D eigenvalue weighted by atomic mass is 16.6. The van der Waals surface area contributed by atoms with Crippen LogP contribution in [0.5, 0.6) is 0 Å². The summed E-state index contributed by atoms with van der Waals surface area (Å²) >= 11 is 0. The Hall–Kier alpha value is -7.66. The second kappa shape index (κ2) is 48.0. The molecule has 13 N–H and O–H groups in total. The topological polar surface area (TPSA) is 408 Å². The summed E-state index contributed by atoms with van der Waals surface area (Å²) in [6.07, 6.45) is 6.36. The first-order valence-corrected chi connectivity index (χ1v) is 36.7. The molecule has 8 rings (SSSR count). The molecule has 0 atom stereocenters. The number of aldehydes is 1. The monoisotopic (exact) mass is 1490 g/mol. The second-order valence-electron chi connectivity index (χ2n) is 27.3. The lowest BCUT2D eigenvalue weighted by atomic mass is 9.75. The Labute approximate surface area is 628 Å². The van der Waals surface area contributed by atoms with Gasteiger partial charge in [0.2, 0.25) is 0 Å². The fraction of sp³-hybridized carbons (Fsp3) is 0.539. The fourth-order valence-corrected chi connectivity index (χ4v) is 11.8. The first-order valence-electron chi connectivity index (χ1n) is 36.7. The van der Waals surface area contributed by atoms with Gasteiger partial charge in [0, 0.05) is 75.8 Å². The Bertz CT molecular complexity index is 3650. The van der Waals surface area contributed by atoms with Gasteiger partial charge in [0.15, 0.2) is 11.6 Å². The van der Waals surface area contributed by atoms with Crippen LogP contribution < -0.4 is 44.1 Å². The Kier molecular flexibility index (Phi) is 39.6. The number of carbonyl (C=O) groups excluding carboxylic acids is 5. The third-order valence-corrected chi connectivity index (χ3v) is 17.1. The van der Waals surface area contributed by atoms with Crippen LogP contribution in [0.3, 0.4) is 0 Å². The maximum atomic E-state index is 12.9. The van der Waals surface area contributed by atoms with Crippen LogP contribution in [0, 0.1) is 24.7 Å². The van der Waals surface area contributed by atoms with Gasteiger partial charge in [-0.05, 0) is 129 Å². The smallest absolute Gasteiger partial charge is 0.423 e. The highest BCUT2D eigenvalue weighted by Gasteiger charge is 2.37. The summed E-state index contributed by atoms with van der Waals surface area (Å²) in [5.74, 6) is -0.799. The summed E-state index contributed by atoms with van der Waals surface area (Å²) in [4.78, 5) is 60.1. The SMILES string of the molecule is Cc1nn(-c2ccc(C(N)=O)c(NCCCOCCOCCOCCOCCOCCCN)c2)c2c1C(=O)CC(C)(C)C2.Cc1nn(-c2ccc(C(N)=O)c(NCCCOCCOCCOCCOCCOCCCNCc3ccc(B(O)O)cc3)c2)c2c1C(=O)CC(C)(C)C2.O=Cc1ccc(B(O)O)cc1. The molecule has 4 aromatic carbocycles. The highest BCUT2D eigenvalue weighted by Crippen LogP contribution is 2.39. The number of aromatic nitrogens is 4. The Morgan fingerprint density at radius 2 is 0.804 bits per heavy atom. The molecule has 0 aliphatic heterocycles. The summed E-state index contributed by atoms with van der Waals surface area (Å²) in [5, 5.41) is 54.9. The van der Waals surface area contributed by atoms with Crippen LogP contribution in [-0.4, -0.2) is 242 Å². The zero-order chi connectivity index (χ0) is 77.4. The van der Waals surface area contributed by atoms with Crippen molar-refractivity contribution < 1.29 is 91.4 Å². The van der Waals surface area contributed by atoms with Crippen LogP contribution >= 0.6 is 0 Å². The molecule has 0 bridgehead atoms. The minimum Gasteiger partial charge on any atom is -0.423 e. The van der Waals surface area contributed by atoms with Crippen molar-refractivity contribution in [3.05, 3.63) is 141 Å². The van der Waals surface area contributed by atoms with Crippen molar-refractivity contribution in [2.75, 3.05) is 169 Å². The largest absolute Gasteiger partial charge is 0.488 e. The molecule has 2 aromatic heterocycles. The number of carbonyl (C=O) groups is 5. The summed E-state index contributed by atoms with van der Waals surface area (Å²) in [6.45, 7) is 25.8. The van der Waals surface area contributed by atoms with Gasteiger partial charge in [0.1, 0.15) is 6.29 Å². The number of primary amides is 2. The number of Topliss-reactive ketones (excluding diaryl/α,β-unsaturated/α-hetero) is 2. The molecule has 0 saturated heterocycles. The molecule has 31 heteroatoms. The van der Waals surface area contributed by atoms with Crippen molar-refractivity contribution in [1.82, 2.24) is 24.9 Å². The first kappa shape index (κ1) is 88.2. The van der Waals surface area contributed by atoms with E-state index < -0.39 is 26.1 Å². The van der Waals surface area contributed by atoms with Crippen LogP contribution in [0.4, 0.5) is 11.4 Å². The number of nitrogens with zero attached hydrogens (tertiary/aromatic N) is 4. The summed E-state index contributed by atoms with van der Waals surface area (Å²) in [7, 11) is -2.90. The normalized spacial score (nSPS) is 13.4. The van der Waals surface area contributed by atoms with Crippen LogP contribution in [0.25, 0.3) is 11.4 Å². The van der Waals surface area contributed by atoms with E-state index in [-0.39, 0.29) is 22.4 Å². The molecular formula is C76H112B2N10O19. The standard InChI is InChI=1S/C38H56BN5O9.C31H49N5O7.C7H7BO3/c1-28-36-34(25-38(2,3)26-35(36)45)44(43-28)31-10-11-32(37(40)46)33(24-31)42-13-5-15-50-17-19-52-21-23-53-22-20-51-18-16-49-14-4-12-41-27-29-6-8-30(9-7-29)39(47)48;1-23-29-27(21-31(2,3)22-28(29)37)36(35-23)24-6-7-25(30(33)38)26(20-24)34-9-5-11-40-13-15-42-17-19-43-18-16-41-14-12-39-10-4-8-32;9-5-6-1-3-7(4-2-6)8(10)11/h6-11,24,41-42,47-48H,4-5,12-23,25-27H2,1-3H3,(H2,40,46);6-7,20,34H,4-5,8-19,21-22,32H2,1-3H3,(H2,33,38);1-5,10-11H. The lowest BCUT2D eigenvalue weighted by Gasteiger charge is -2.29. The van der Waals surface area contributed by atoms with E-state index in [1.807, 2.05) is 59.6 Å². The van der Waals surface area contributed by atoms with E-state index in [9.17, 15) is 24.0 Å². The molecule has 29 nitrogen and oxygen atoms in total. The van der Waals surface area contributed by atoms with Crippen molar-refractivity contribution in [2.24, 2.45) is 28.0 Å². The number of fused-ring (bicyclic) bond motifs is 2. The number of anilines is 2.